The summed E-state index contributed by atoms with van der Waals surface area (Å²) in [5.74, 6) is 2.27. The van der Waals surface area contributed by atoms with Crippen LogP contribution in [-0.4, -0.2) is 22.8 Å². The number of hydrogen-bond donors (Lipinski definition) is 1. The third-order valence-corrected chi connectivity index (χ3v) is 9.42. The van der Waals surface area contributed by atoms with Crippen molar-refractivity contribution in [3.63, 3.8) is 0 Å². The summed E-state index contributed by atoms with van der Waals surface area (Å²) in [5.41, 5.74) is 1.87. The average Bonchev–Trinajstić information content (AvgIpc) is 3.10. The van der Waals surface area contributed by atoms with Crippen LogP contribution in [0.3, 0.4) is 0 Å². The molecule has 3 nitrogen and oxygen atoms in total. The lowest BCUT2D eigenvalue weighted by Crippen LogP contribution is -2.54. The molecule has 1 saturated heterocycles. The third kappa shape index (κ3) is 1.99. The van der Waals surface area contributed by atoms with Gasteiger partial charge in [-0.1, -0.05) is 25.5 Å². The van der Waals surface area contributed by atoms with E-state index in [0.717, 1.165) is 43.9 Å². The maximum atomic E-state index is 11.9. The molecule has 0 aromatic rings. The van der Waals surface area contributed by atoms with Crippen LogP contribution in [0.25, 0.3) is 0 Å². The molecule has 0 aromatic heterocycles. The van der Waals surface area contributed by atoms with Gasteiger partial charge in [-0.05, 0) is 81.0 Å². The highest BCUT2D eigenvalue weighted by atomic mass is 16.6. The molecule has 4 fully saturated rings. The lowest BCUT2D eigenvalue weighted by Gasteiger charge is -2.59. The Morgan fingerprint density at radius 3 is 2.56 bits per heavy atom. The van der Waals surface area contributed by atoms with Crippen LogP contribution >= 0.6 is 0 Å². The zero-order chi connectivity index (χ0) is 17.4. The molecule has 1 N–H and O–H groups in total. The van der Waals surface area contributed by atoms with Crippen molar-refractivity contribution in [1.29, 1.82) is 0 Å². The van der Waals surface area contributed by atoms with Gasteiger partial charge in [0, 0.05) is 11.8 Å². The summed E-state index contributed by atoms with van der Waals surface area (Å²) in [6, 6.07) is 0. The molecule has 138 valence electrons. The first-order valence-electron chi connectivity index (χ1n) is 10.5. The number of aliphatic hydroxyl groups is 1. The van der Waals surface area contributed by atoms with Crippen LogP contribution in [0.1, 0.15) is 78.1 Å². The van der Waals surface area contributed by atoms with E-state index in [0.29, 0.717) is 17.8 Å². The molecule has 7 atom stereocenters. The van der Waals surface area contributed by atoms with Gasteiger partial charge in [0.2, 0.25) is 0 Å². The number of hydrogen-bond acceptors (Lipinski definition) is 3. The van der Waals surface area contributed by atoms with Crippen LogP contribution < -0.4 is 0 Å². The van der Waals surface area contributed by atoms with Crippen molar-refractivity contribution in [2.24, 2.45) is 28.6 Å². The van der Waals surface area contributed by atoms with Gasteiger partial charge in [-0.15, -0.1) is 0 Å². The zero-order valence-electron chi connectivity index (χ0n) is 15.7. The first-order valence-corrected chi connectivity index (χ1v) is 10.5. The van der Waals surface area contributed by atoms with Crippen molar-refractivity contribution in [2.45, 2.75) is 89.8 Å². The standard InChI is InChI=1S/C22H32O3/c1-20-9-5-15(23)13-14(20)3-4-16-17(20)6-10-21(2)18(16)7-11-22(21)12-8-19(24)25-22/h13,15-18,23H,3-12H2,1-2H3/t15-,16+,17+,18-,20-,21-,22+/m0/s1. The summed E-state index contributed by atoms with van der Waals surface area (Å²) < 4.78 is 6.02. The molecular weight excluding hydrogens is 312 g/mol. The normalized spacial score (nSPS) is 54.5. The van der Waals surface area contributed by atoms with Crippen LogP contribution in [0.4, 0.5) is 0 Å². The van der Waals surface area contributed by atoms with Gasteiger partial charge in [-0.2, -0.15) is 0 Å². The van der Waals surface area contributed by atoms with E-state index in [9.17, 15) is 9.90 Å². The second kappa shape index (κ2) is 5.12. The minimum absolute atomic E-state index is 0.0334. The van der Waals surface area contributed by atoms with E-state index in [4.69, 9.17) is 4.74 Å². The maximum Gasteiger partial charge on any atom is 0.306 e. The Morgan fingerprint density at radius 1 is 1.00 bits per heavy atom. The van der Waals surface area contributed by atoms with Gasteiger partial charge >= 0.3 is 5.97 Å². The molecule has 1 spiro atoms. The van der Waals surface area contributed by atoms with Crippen LogP contribution in [0.15, 0.2) is 11.6 Å². The molecule has 0 aromatic carbocycles. The van der Waals surface area contributed by atoms with Crippen molar-refractivity contribution in [3.05, 3.63) is 11.6 Å². The molecular formula is C22H32O3. The molecule has 3 saturated carbocycles. The Bertz CT molecular complexity index is 639. The average molecular weight is 344 g/mol. The van der Waals surface area contributed by atoms with E-state index < -0.39 is 0 Å². The smallest absolute Gasteiger partial charge is 0.306 e. The fraction of sp³-hybridized carbons (Fsp3) is 0.864. The second-order valence-electron chi connectivity index (χ2n) is 10.1. The summed E-state index contributed by atoms with van der Waals surface area (Å²) in [6.07, 6.45) is 12.8. The number of carbonyl (C=O) groups excluding carboxylic acids is 1. The largest absolute Gasteiger partial charge is 0.458 e. The Hall–Kier alpha value is -0.830. The van der Waals surface area contributed by atoms with Gasteiger partial charge in [-0.25, -0.2) is 0 Å². The fourth-order valence-electron chi connectivity index (χ4n) is 8.00. The topological polar surface area (TPSA) is 46.5 Å². The molecule has 25 heavy (non-hydrogen) atoms. The minimum atomic E-state index is -0.221. The molecule has 3 heteroatoms. The molecule has 5 aliphatic rings. The molecule has 0 radical (unpaired) electrons. The first kappa shape index (κ1) is 16.4. The van der Waals surface area contributed by atoms with Crippen molar-refractivity contribution < 1.29 is 14.6 Å². The van der Waals surface area contributed by atoms with E-state index in [2.05, 4.69) is 19.9 Å². The zero-order valence-corrected chi connectivity index (χ0v) is 15.7. The van der Waals surface area contributed by atoms with Crippen LogP contribution in [0.2, 0.25) is 0 Å². The Morgan fingerprint density at radius 2 is 1.80 bits per heavy atom. The van der Waals surface area contributed by atoms with E-state index in [-0.39, 0.29) is 23.1 Å². The summed E-state index contributed by atoms with van der Waals surface area (Å²) in [7, 11) is 0. The Kier molecular flexibility index (Phi) is 3.35. The number of carbonyl (C=O) groups is 1. The van der Waals surface area contributed by atoms with E-state index >= 15 is 0 Å². The quantitative estimate of drug-likeness (QED) is 0.524. The van der Waals surface area contributed by atoms with Crippen LogP contribution in [0, 0.1) is 28.6 Å². The van der Waals surface area contributed by atoms with Crippen molar-refractivity contribution in [1.82, 2.24) is 0 Å². The van der Waals surface area contributed by atoms with Crippen molar-refractivity contribution >= 4 is 5.97 Å². The van der Waals surface area contributed by atoms with Gasteiger partial charge in [0.1, 0.15) is 5.60 Å². The van der Waals surface area contributed by atoms with Gasteiger partial charge in [0.15, 0.2) is 0 Å². The van der Waals surface area contributed by atoms with E-state index in [1.54, 1.807) is 0 Å². The van der Waals surface area contributed by atoms with Gasteiger partial charge in [0.25, 0.3) is 0 Å². The van der Waals surface area contributed by atoms with Gasteiger partial charge < -0.3 is 9.84 Å². The number of esters is 1. The number of fused-ring (bicyclic) bond motifs is 6. The summed E-state index contributed by atoms with van der Waals surface area (Å²) >= 11 is 0. The molecule has 0 unspecified atom stereocenters. The molecule has 5 rings (SSSR count). The third-order valence-electron chi connectivity index (χ3n) is 9.42. The maximum absolute atomic E-state index is 11.9. The summed E-state index contributed by atoms with van der Waals surface area (Å²) in [5, 5.41) is 10.1. The molecule has 1 aliphatic heterocycles. The monoisotopic (exact) mass is 344 g/mol. The predicted molar refractivity (Wildman–Crippen MR) is 95.8 cm³/mol. The Labute approximate surface area is 151 Å². The predicted octanol–water partition coefficient (Wildman–Crippen LogP) is 4.39. The summed E-state index contributed by atoms with van der Waals surface area (Å²) in [6.45, 7) is 4.92. The lowest BCUT2D eigenvalue weighted by atomic mass is 9.46. The van der Waals surface area contributed by atoms with Gasteiger partial charge in [-0.3, -0.25) is 4.79 Å². The number of aliphatic hydroxyl groups excluding tert-OH is 1. The highest BCUT2D eigenvalue weighted by molar-refractivity contribution is 5.72. The van der Waals surface area contributed by atoms with Gasteiger partial charge in [0.05, 0.1) is 6.10 Å². The highest BCUT2D eigenvalue weighted by Crippen LogP contribution is 2.69. The minimum Gasteiger partial charge on any atom is -0.458 e. The number of rotatable bonds is 0. The van der Waals surface area contributed by atoms with Crippen molar-refractivity contribution in [2.75, 3.05) is 0 Å². The molecule has 0 bridgehead atoms. The van der Waals surface area contributed by atoms with Crippen molar-refractivity contribution in [3.8, 4) is 0 Å². The highest BCUT2D eigenvalue weighted by Gasteiger charge is 2.66. The first-order chi connectivity index (χ1) is 11.9. The Balaban J connectivity index is 1.48. The molecule has 0 amide bonds. The lowest BCUT2D eigenvalue weighted by molar-refractivity contribution is -0.168. The molecule has 4 aliphatic carbocycles. The van der Waals surface area contributed by atoms with E-state index in [1.165, 1.54) is 31.3 Å². The number of allylic oxidation sites excluding steroid dienone is 1. The fourth-order valence-corrected chi connectivity index (χ4v) is 8.00. The number of ether oxygens (including phenoxy) is 1. The summed E-state index contributed by atoms with van der Waals surface area (Å²) in [4.78, 5) is 11.9. The SMILES string of the molecule is C[C@]12CC[C@H](O)C=C1CC[C@@H]1[C@H]2CC[C@@]2(C)[C@H]1CC[C@@]21CCC(=O)O1. The molecule has 1 heterocycles. The van der Waals surface area contributed by atoms with E-state index in [1.807, 2.05) is 0 Å². The van der Waals surface area contributed by atoms with Crippen LogP contribution in [-0.2, 0) is 9.53 Å². The second-order valence-corrected chi connectivity index (χ2v) is 10.1. The van der Waals surface area contributed by atoms with Crippen LogP contribution in [0.5, 0.6) is 0 Å².